The van der Waals surface area contributed by atoms with Crippen molar-refractivity contribution in [1.29, 1.82) is 0 Å². The van der Waals surface area contributed by atoms with Crippen LogP contribution in [0.1, 0.15) is 18.2 Å². The number of nitrogens with one attached hydrogen (secondary N) is 2. The summed E-state index contributed by atoms with van der Waals surface area (Å²) in [4.78, 5) is 16.6. The number of carbonyl (C=O) groups is 1. The molecule has 29 heavy (non-hydrogen) atoms. The van der Waals surface area contributed by atoms with Gasteiger partial charge in [0.2, 0.25) is 5.91 Å². The highest BCUT2D eigenvalue weighted by molar-refractivity contribution is 7.13. The molecule has 6 nitrogen and oxygen atoms in total. The van der Waals surface area contributed by atoms with Gasteiger partial charge in [0.1, 0.15) is 18.1 Å². The Morgan fingerprint density at radius 3 is 2.48 bits per heavy atom. The summed E-state index contributed by atoms with van der Waals surface area (Å²) in [5, 5.41) is 8.80. The molecule has 152 valence electrons. The van der Waals surface area contributed by atoms with Crippen LogP contribution in [0.15, 0.2) is 53.9 Å². The van der Waals surface area contributed by atoms with E-state index in [1.165, 1.54) is 16.9 Å². The fourth-order valence-corrected chi connectivity index (χ4v) is 3.38. The monoisotopic (exact) mass is 411 g/mol. The van der Waals surface area contributed by atoms with E-state index in [-0.39, 0.29) is 12.3 Å². The molecule has 0 atom stereocenters. The molecule has 3 aromatic rings. The Hall–Kier alpha value is -3.06. The molecular weight excluding hydrogens is 386 g/mol. The van der Waals surface area contributed by atoms with Crippen molar-refractivity contribution in [2.24, 2.45) is 0 Å². The molecule has 2 aromatic carbocycles. The second-order valence-corrected chi connectivity index (χ2v) is 7.23. The fraction of sp³-hybridized carbons (Fsp3) is 0.273. The Labute approximate surface area is 174 Å². The first-order chi connectivity index (χ1) is 14.2. The number of thiazole rings is 1. The van der Waals surface area contributed by atoms with Crippen molar-refractivity contribution in [2.45, 2.75) is 19.8 Å². The van der Waals surface area contributed by atoms with Crippen LogP contribution in [0.4, 0.5) is 10.8 Å². The first-order valence-electron chi connectivity index (χ1n) is 9.50. The van der Waals surface area contributed by atoms with Crippen molar-refractivity contribution in [2.75, 3.05) is 25.6 Å². The molecule has 7 heteroatoms. The molecular formula is C22H25N3O3S. The van der Waals surface area contributed by atoms with Crippen LogP contribution in [0.25, 0.3) is 0 Å². The van der Waals surface area contributed by atoms with Crippen molar-refractivity contribution >= 4 is 28.1 Å². The standard InChI is InChI=1S/C22H25N3O3S/c1-3-16-4-6-17(7-5-16)24-22-25-18(15-29-22)14-21(26)23-12-13-28-20-10-8-19(27-2)9-11-20/h4-11,15H,3,12-14H2,1-2H3,(H,23,26)(H,24,25). The molecule has 3 rings (SSSR count). The van der Waals surface area contributed by atoms with Gasteiger partial charge in [0.15, 0.2) is 5.13 Å². The second-order valence-electron chi connectivity index (χ2n) is 6.37. The van der Waals surface area contributed by atoms with Crippen LogP contribution in [-0.2, 0) is 17.6 Å². The van der Waals surface area contributed by atoms with Gasteiger partial charge < -0.3 is 20.1 Å². The summed E-state index contributed by atoms with van der Waals surface area (Å²) >= 11 is 1.49. The molecule has 2 N–H and O–H groups in total. The number of carbonyl (C=O) groups excluding carboxylic acids is 1. The first-order valence-corrected chi connectivity index (χ1v) is 10.4. The number of hydrogen-bond donors (Lipinski definition) is 2. The van der Waals surface area contributed by atoms with E-state index in [1.54, 1.807) is 7.11 Å². The summed E-state index contributed by atoms with van der Waals surface area (Å²) in [6.07, 6.45) is 1.26. The molecule has 0 aliphatic heterocycles. The molecule has 1 aromatic heterocycles. The molecule has 0 aliphatic rings. The van der Waals surface area contributed by atoms with Gasteiger partial charge in [-0.15, -0.1) is 11.3 Å². The highest BCUT2D eigenvalue weighted by Gasteiger charge is 2.08. The van der Waals surface area contributed by atoms with Crippen LogP contribution < -0.4 is 20.1 Å². The lowest BCUT2D eigenvalue weighted by atomic mass is 10.1. The van der Waals surface area contributed by atoms with Gasteiger partial charge in [-0.3, -0.25) is 4.79 Å². The predicted molar refractivity (Wildman–Crippen MR) is 116 cm³/mol. The molecule has 0 spiro atoms. The third kappa shape index (κ3) is 6.50. The molecule has 0 unspecified atom stereocenters. The predicted octanol–water partition coefficient (Wildman–Crippen LogP) is 4.20. The maximum absolute atomic E-state index is 12.1. The maximum atomic E-state index is 12.1. The molecule has 0 bridgehead atoms. The van der Waals surface area contributed by atoms with Gasteiger partial charge in [0, 0.05) is 11.1 Å². The lowest BCUT2D eigenvalue weighted by molar-refractivity contribution is -0.120. The second kappa shape index (κ2) is 10.5. The zero-order valence-electron chi connectivity index (χ0n) is 16.6. The number of rotatable bonds is 10. The lowest BCUT2D eigenvalue weighted by Crippen LogP contribution is -2.29. The van der Waals surface area contributed by atoms with Crippen LogP contribution in [0.5, 0.6) is 11.5 Å². The number of ether oxygens (including phenoxy) is 2. The van der Waals surface area contributed by atoms with E-state index < -0.39 is 0 Å². The minimum atomic E-state index is -0.0764. The minimum Gasteiger partial charge on any atom is -0.497 e. The Balaban J connectivity index is 1.38. The Morgan fingerprint density at radius 2 is 1.79 bits per heavy atom. The normalized spacial score (nSPS) is 10.4. The van der Waals surface area contributed by atoms with Gasteiger partial charge in [-0.25, -0.2) is 4.98 Å². The van der Waals surface area contributed by atoms with E-state index in [2.05, 4.69) is 34.7 Å². The molecule has 0 saturated carbocycles. The van der Waals surface area contributed by atoms with Crippen molar-refractivity contribution in [3.63, 3.8) is 0 Å². The lowest BCUT2D eigenvalue weighted by Gasteiger charge is -2.08. The molecule has 1 heterocycles. The largest absolute Gasteiger partial charge is 0.497 e. The first kappa shape index (κ1) is 20.7. The maximum Gasteiger partial charge on any atom is 0.226 e. The third-order valence-corrected chi connectivity index (χ3v) is 5.07. The van der Waals surface area contributed by atoms with E-state index in [9.17, 15) is 4.79 Å². The summed E-state index contributed by atoms with van der Waals surface area (Å²) in [5.41, 5.74) is 3.03. The Bertz CT molecular complexity index is 908. The number of aromatic nitrogens is 1. The molecule has 0 fully saturated rings. The van der Waals surface area contributed by atoms with Crippen molar-refractivity contribution in [1.82, 2.24) is 10.3 Å². The summed E-state index contributed by atoms with van der Waals surface area (Å²) in [6, 6.07) is 15.6. The van der Waals surface area contributed by atoms with E-state index in [0.29, 0.717) is 13.2 Å². The average Bonchev–Trinajstić information content (AvgIpc) is 3.18. The SMILES string of the molecule is CCc1ccc(Nc2nc(CC(=O)NCCOc3ccc(OC)cc3)cs2)cc1. The molecule has 1 amide bonds. The Kier molecular flexibility index (Phi) is 7.47. The van der Waals surface area contributed by atoms with Crippen LogP contribution in [-0.4, -0.2) is 31.2 Å². The number of nitrogens with zero attached hydrogens (tertiary/aromatic N) is 1. The highest BCUT2D eigenvalue weighted by Crippen LogP contribution is 2.21. The van der Waals surface area contributed by atoms with Gasteiger partial charge in [0.25, 0.3) is 0 Å². The van der Waals surface area contributed by atoms with Crippen LogP contribution >= 0.6 is 11.3 Å². The van der Waals surface area contributed by atoms with Crippen LogP contribution in [0, 0.1) is 0 Å². The average molecular weight is 412 g/mol. The molecule has 0 saturated heterocycles. The highest BCUT2D eigenvalue weighted by atomic mass is 32.1. The summed E-state index contributed by atoms with van der Waals surface area (Å²) in [6.45, 7) is 2.96. The van der Waals surface area contributed by atoms with Gasteiger partial charge >= 0.3 is 0 Å². The van der Waals surface area contributed by atoms with Crippen LogP contribution in [0.3, 0.4) is 0 Å². The van der Waals surface area contributed by atoms with E-state index >= 15 is 0 Å². The molecule has 0 aliphatic carbocycles. The third-order valence-electron chi connectivity index (χ3n) is 4.26. The molecule has 0 radical (unpaired) electrons. The van der Waals surface area contributed by atoms with E-state index in [4.69, 9.17) is 9.47 Å². The zero-order valence-corrected chi connectivity index (χ0v) is 17.4. The van der Waals surface area contributed by atoms with E-state index in [0.717, 1.165) is 34.4 Å². The van der Waals surface area contributed by atoms with Gasteiger partial charge in [-0.2, -0.15) is 0 Å². The summed E-state index contributed by atoms with van der Waals surface area (Å²) in [7, 11) is 1.62. The fourth-order valence-electron chi connectivity index (χ4n) is 2.65. The quantitative estimate of drug-likeness (QED) is 0.489. The minimum absolute atomic E-state index is 0.0764. The topological polar surface area (TPSA) is 72.5 Å². The van der Waals surface area contributed by atoms with Crippen LogP contribution in [0.2, 0.25) is 0 Å². The number of anilines is 2. The van der Waals surface area contributed by atoms with Gasteiger partial charge in [-0.05, 0) is 48.4 Å². The van der Waals surface area contributed by atoms with Crippen molar-refractivity contribution < 1.29 is 14.3 Å². The van der Waals surface area contributed by atoms with E-state index in [1.807, 2.05) is 41.8 Å². The zero-order chi connectivity index (χ0) is 20.5. The Morgan fingerprint density at radius 1 is 1.07 bits per heavy atom. The number of hydrogen-bond acceptors (Lipinski definition) is 6. The summed E-state index contributed by atoms with van der Waals surface area (Å²) in [5.74, 6) is 1.44. The smallest absolute Gasteiger partial charge is 0.226 e. The number of methoxy groups -OCH3 is 1. The number of benzene rings is 2. The summed E-state index contributed by atoms with van der Waals surface area (Å²) < 4.78 is 10.7. The number of aryl methyl sites for hydroxylation is 1. The van der Waals surface area contributed by atoms with Gasteiger partial charge in [-0.1, -0.05) is 19.1 Å². The number of amides is 1. The van der Waals surface area contributed by atoms with Crippen molar-refractivity contribution in [3.05, 3.63) is 65.2 Å². The van der Waals surface area contributed by atoms with Crippen molar-refractivity contribution in [3.8, 4) is 11.5 Å². The van der Waals surface area contributed by atoms with Gasteiger partial charge in [0.05, 0.1) is 25.8 Å².